The zero-order valence-electron chi connectivity index (χ0n) is 10.9. The van der Waals surface area contributed by atoms with Crippen molar-refractivity contribution in [3.05, 3.63) is 12.2 Å². The molecule has 5 nitrogen and oxygen atoms in total. The SMILES string of the molecule is CC(=O)/C=C/C1CC1N[C@@H](CCCCN)C(N)=O. The lowest BCUT2D eigenvalue weighted by molar-refractivity contribution is -0.120. The molecule has 0 saturated heterocycles. The largest absolute Gasteiger partial charge is 0.368 e. The van der Waals surface area contributed by atoms with E-state index in [0.29, 0.717) is 12.5 Å². The van der Waals surface area contributed by atoms with Crippen molar-refractivity contribution in [2.45, 2.75) is 44.7 Å². The van der Waals surface area contributed by atoms with E-state index in [9.17, 15) is 9.59 Å². The standard InChI is InChI=1S/C13H23N3O2/c1-9(17)5-6-10-8-12(10)16-11(13(15)18)4-2-3-7-14/h5-6,10-12,16H,2-4,7-8,14H2,1H3,(H2,15,18)/b6-5+/t10?,11-,12?/m0/s1. The number of hydrogen-bond acceptors (Lipinski definition) is 4. The van der Waals surface area contributed by atoms with Crippen molar-refractivity contribution < 1.29 is 9.59 Å². The summed E-state index contributed by atoms with van der Waals surface area (Å²) in [6.07, 6.45) is 6.98. The lowest BCUT2D eigenvalue weighted by Gasteiger charge is -2.14. The molecule has 0 aliphatic heterocycles. The number of allylic oxidation sites excluding steroid dienone is 1. The Hall–Kier alpha value is -1.20. The van der Waals surface area contributed by atoms with Crippen LogP contribution in [0.1, 0.15) is 32.6 Å². The van der Waals surface area contributed by atoms with Crippen LogP contribution in [0.15, 0.2) is 12.2 Å². The zero-order valence-corrected chi connectivity index (χ0v) is 10.9. The first-order valence-corrected chi connectivity index (χ1v) is 6.48. The van der Waals surface area contributed by atoms with Crippen molar-refractivity contribution in [2.75, 3.05) is 6.54 Å². The Labute approximate surface area is 108 Å². The first-order chi connectivity index (χ1) is 8.54. The Morgan fingerprint density at radius 1 is 1.44 bits per heavy atom. The number of primary amides is 1. The molecule has 5 N–H and O–H groups in total. The normalized spacial score (nSPS) is 24.1. The van der Waals surface area contributed by atoms with Gasteiger partial charge in [0.2, 0.25) is 5.91 Å². The second kappa shape index (κ2) is 7.28. The van der Waals surface area contributed by atoms with Crippen LogP contribution in [0.2, 0.25) is 0 Å². The molecule has 0 bridgehead atoms. The lowest BCUT2D eigenvalue weighted by atomic mass is 10.1. The molecule has 1 aliphatic carbocycles. The fraction of sp³-hybridized carbons (Fsp3) is 0.692. The molecule has 0 spiro atoms. The fourth-order valence-corrected chi connectivity index (χ4v) is 1.94. The van der Waals surface area contributed by atoms with Gasteiger partial charge in [-0.2, -0.15) is 0 Å². The van der Waals surface area contributed by atoms with Crippen molar-refractivity contribution in [2.24, 2.45) is 17.4 Å². The van der Waals surface area contributed by atoms with Gasteiger partial charge in [0.1, 0.15) is 0 Å². The van der Waals surface area contributed by atoms with Gasteiger partial charge >= 0.3 is 0 Å². The summed E-state index contributed by atoms with van der Waals surface area (Å²) in [5.74, 6) is 0.0912. The zero-order chi connectivity index (χ0) is 13.5. The van der Waals surface area contributed by atoms with E-state index in [0.717, 1.165) is 25.7 Å². The van der Waals surface area contributed by atoms with Gasteiger partial charge in [0.15, 0.2) is 5.78 Å². The van der Waals surface area contributed by atoms with E-state index >= 15 is 0 Å². The molecule has 3 atom stereocenters. The molecule has 18 heavy (non-hydrogen) atoms. The van der Waals surface area contributed by atoms with Crippen LogP contribution >= 0.6 is 0 Å². The molecule has 0 radical (unpaired) electrons. The molecule has 1 rings (SSSR count). The second-order valence-corrected chi connectivity index (χ2v) is 4.88. The van der Waals surface area contributed by atoms with E-state index in [4.69, 9.17) is 11.5 Å². The Morgan fingerprint density at radius 2 is 2.17 bits per heavy atom. The molecule has 102 valence electrons. The van der Waals surface area contributed by atoms with Crippen LogP contribution in [0.3, 0.4) is 0 Å². The molecule has 1 amide bonds. The van der Waals surface area contributed by atoms with Crippen LogP contribution in [-0.2, 0) is 9.59 Å². The first kappa shape index (κ1) is 14.9. The van der Waals surface area contributed by atoms with Gasteiger partial charge in [-0.25, -0.2) is 0 Å². The minimum absolute atomic E-state index is 0.0510. The van der Waals surface area contributed by atoms with E-state index < -0.39 is 0 Å². The molecule has 2 unspecified atom stereocenters. The van der Waals surface area contributed by atoms with Gasteiger partial charge in [-0.05, 0) is 44.7 Å². The third-order valence-corrected chi connectivity index (χ3v) is 3.12. The van der Waals surface area contributed by atoms with E-state index in [1.54, 1.807) is 6.08 Å². The van der Waals surface area contributed by atoms with E-state index in [-0.39, 0.29) is 23.8 Å². The monoisotopic (exact) mass is 253 g/mol. The third kappa shape index (κ3) is 5.42. The summed E-state index contributed by atoms with van der Waals surface area (Å²) in [6, 6.07) is -0.00625. The quantitative estimate of drug-likeness (QED) is 0.401. The van der Waals surface area contributed by atoms with E-state index in [1.165, 1.54) is 6.92 Å². The smallest absolute Gasteiger partial charge is 0.234 e. The van der Waals surface area contributed by atoms with E-state index in [1.807, 2.05) is 6.08 Å². The van der Waals surface area contributed by atoms with Crippen LogP contribution in [0.4, 0.5) is 0 Å². The van der Waals surface area contributed by atoms with Gasteiger partial charge in [-0.3, -0.25) is 9.59 Å². The minimum atomic E-state index is -0.312. The highest BCUT2D eigenvalue weighted by Gasteiger charge is 2.37. The number of hydrogen-bond donors (Lipinski definition) is 3. The molecular formula is C13H23N3O2. The highest BCUT2D eigenvalue weighted by atomic mass is 16.1. The maximum Gasteiger partial charge on any atom is 0.234 e. The van der Waals surface area contributed by atoms with Gasteiger partial charge in [0, 0.05) is 6.04 Å². The Bertz CT molecular complexity index is 328. The molecule has 0 aromatic carbocycles. The number of nitrogens with two attached hydrogens (primary N) is 2. The minimum Gasteiger partial charge on any atom is -0.368 e. The fourth-order valence-electron chi connectivity index (χ4n) is 1.94. The molecule has 0 heterocycles. The van der Waals surface area contributed by atoms with Crippen molar-refractivity contribution >= 4 is 11.7 Å². The van der Waals surface area contributed by atoms with Gasteiger partial charge in [-0.15, -0.1) is 0 Å². The molecule has 5 heteroatoms. The Morgan fingerprint density at radius 3 is 2.72 bits per heavy atom. The van der Waals surface area contributed by atoms with Crippen LogP contribution in [0.25, 0.3) is 0 Å². The van der Waals surface area contributed by atoms with Crippen molar-refractivity contribution in [1.29, 1.82) is 0 Å². The summed E-state index contributed by atoms with van der Waals surface area (Å²) < 4.78 is 0. The summed E-state index contributed by atoms with van der Waals surface area (Å²) in [6.45, 7) is 2.17. The van der Waals surface area contributed by atoms with Gasteiger partial charge < -0.3 is 16.8 Å². The molecular weight excluding hydrogens is 230 g/mol. The Balaban J connectivity index is 2.31. The average Bonchev–Trinajstić information content (AvgIpc) is 3.03. The second-order valence-electron chi connectivity index (χ2n) is 4.88. The highest BCUT2D eigenvalue weighted by Crippen LogP contribution is 2.32. The predicted molar refractivity (Wildman–Crippen MR) is 70.7 cm³/mol. The predicted octanol–water partition coefficient (Wildman–Crippen LogP) is 0.0926. The number of carbonyl (C=O) groups is 2. The topological polar surface area (TPSA) is 98.2 Å². The van der Waals surface area contributed by atoms with Crippen molar-refractivity contribution in [1.82, 2.24) is 5.32 Å². The maximum absolute atomic E-state index is 11.3. The van der Waals surface area contributed by atoms with Gasteiger partial charge in [0.25, 0.3) is 0 Å². The summed E-state index contributed by atoms with van der Waals surface area (Å²) in [5.41, 5.74) is 10.8. The summed E-state index contributed by atoms with van der Waals surface area (Å²) in [7, 11) is 0. The molecule has 1 fully saturated rings. The van der Waals surface area contributed by atoms with Gasteiger partial charge in [0.05, 0.1) is 6.04 Å². The number of ketones is 1. The summed E-state index contributed by atoms with van der Waals surface area (Å²) in [4.78, 5) is 22.1. The summed E-state index contributed by atoms with van der Waals surface area (Å²) in [5, 5.41) is 3.25. The number of amides is 1. The maximum atomic E-state index is 11.3. The van der Waals surface area contributed by atoms with Crippen LogP contribution in [0.5, 0.6) is 0 Å². The lowest BCUT2D eigenvalue weighted by Crippen LogP contribution is -2.42. The average molecular weight is 253 g/mol. The van der Waals surface area contributed by atoms with Crippen LogP contribution in [0, 0.1) is 5.92 Å². The van der Waals surface area contributed by atoms with Crippen LogP contribution in [-0.4, -0.2) is 30.3 Å². The van der Waals surface area contributed by atoms with Crippen LogP contribution < -0.4 is 16.8 Å². The number of carbonyl (C=O) groups excluding carboxylic acids is 2. The summed E-state index contributed by atoms with van der Waals surface area (Å²) >= 11 is 0. The number of rotatable bonds is 9. The highest BCUT2D eigenvalue weighted by molar-refractivity contribution is 5.87. The third-order valence-electron chi connectivity index (χ3n) is 3.12. The molecule has 1 aliphatic rings. The molecule has 0 aromatic heterocycles. The van der Waals surface area contributed by atoms with Crippen molar-refractivity contribution in [3.8, 4) is 0 Å². The molecule has 1 saturated carbocycles. The number of unbranched alkanes of at least 4 members (excludes halogenated alkanes) is 1. The molecule has 0 aromatic rings. The number of nitrogens with one attached hydrogen (secondary N) is 1. The Kier molecular flexibility index (Phi) is 6.01. The first-order valence-electron chi connectivity index (χ1n) is 6.48. The van der Waals surface area contributed by atoms with E-state index in [2.05, 4.69) is 5.32 Å². The van der Waals surface area contributed by atoms with Crippen molar-refractivity contribution in [3.63, 3.8) is 0 Å². The van der Waals surface area contributed by atoms with Gasteiger partial charge in [-0.1, -0.05) is 12.5 Å².